The van der Waals surface area contributed by atoms with Crippen molar-refractivity contribution in [2.75, 3.05) is 14.2 Å². The van der Waals surface area contributed by atoms with Crippen LogP contribution in [-0.2, 0) is 9.59 Å². The number of rotatable bonds is 7. The molecule has 0 saturated heterocycles. The molecule has 116 valence electrons. The van der Waals surface area contributed by atoms with Gasteiger partial charge in [-0.1, -0.05) is 17.7 Å². The minimum atomic E-state index is -1.20. The maximum Gasteiger partial charge on any atom is 0.331 e. The molecule has 0 aliphatic rings. The summed E-state index contributed by atoms with van der Waals surface area (Å²) in [6.45, 7) is 3.44. The summed E-state index contributed by atoms with van der Waals surface area (Å²) >= 11 is 6.23. The first-order valence-corrected chi connectivity index (χ1v) is 6.62. The Balaban J connectivity index is 3.46. The van der Waals surface area contributed by atoms with E-state index in [1.807, 2.05) is 0 Å². The number of halogens is 1. The van der Waals surface area contributed by atoms with Crippen LogP contribution in [0.2, 0.25) is 5.02 Å². The molecular formula is C14H18ClNO5. The highest BCUT2D eigenvalue weighted by Crippen LogP contribution is 2.41. The number of amides is 1. The van der Waals surface area contributed by atoms with Gasteiger partial charge in [0.25, 0.3) is 0 Å². The number of methoxy groups -OCH3 is 2. The number of carbonyl (C=O) groups is 2. The van der Waals surface area contributed by atoms with E-state index in [2.05, 4.69) is 0 Å². The predicted molar refractivity (Wildman–Crippen MR) is 78.0 cm³/mol. The van der Waals surface area contributed by atoms with Crippen LogP contribution >= 0.6 is 11.6 Å². The maximum absolute atomic E-state index is 11.6. The summed E-state index contributed by atoms with van der Waals surface area (Å²) in [4.78, 5) is 24.0. The van der Waals surface area contributed by atoms with Crippen LogP contribution in [-0.4, -0.2) is 42.6 Å². The molecule has 1 aromatic rings. The molecule has 6 nitrogen and oxygen atoms in total. The Labute approximate surface area is 128 Å². The molecule has 0 saturated carbocycles. The summed E-state index contributed by atoms with van der Waals surface area (Å²) in [7, 11) is 2.86. The largest absolute Gasteiger partial charge is 0.493 e. The topological polar surface area (TPSA) is 76.1 Å². The molecule has 0 fully saturated rings. The van der Waals surface area contributed by atoms with E-state index < -0.39 is 12.0 Å². The van der Waals surface area contributed by atoms with Crippen LogP contribution in [0.4, 0.5) is 0 Å². The monoisotopic (exact) mass is 315 g/mol. The van der Waals surface area contributed by atoms with Crippen molar-refractivity contribution in [1.29, 1.82) is 0 Å². The molecule has 0 bridgehead atoms. The van der Waals surface area contributed by atoms with Crippen LogP contribution in [0.15, 0.2) is 12.1 Å². The van der Waals surface area contributed by atoms with Crippen molar-refractivity contribution in [3.8, 4) is 11.5 Å². The van der Waals surface area contributed by atoms with E-state index in [1.165, 1.54) is 25.2 Å². The SMILES string of the molecule is COc1ccc(C(C(=O)O)N(C=O)C(C)C)c(Cl)c1OC. The third kappa shape index (κ3) is 3.39. The van der Waals surface area contributed by atoms with Gasteiger partial charge in [-0.15, -0.1) is 0 Å². The molecule has 1 N–H and O–H groups in total. The van der Waals surface area contributed by atoms with E-state index in [1.54, 1.807) is 19.9 Å². The Morgan fingerprint density at radius 3 is 2.33 bits per heavy atom. The summed E-state index contributed by atoms with van der Waals surface area (Å²) in [5, 5.41) is 9.57. The summed E-state index contributed by atoms with van der Waals surface area (Å²) < 4.78 is 10.3. The van der Waals surface area contributed by atoms with Gasteiger partial charge in [-0.2, -0.15) is 0 Å². The van der Waals surface area contributed by atoms with Gasteiger partial charge in [0.05, 0.1) is 19.2 Å². The fourth-order valence-corrected chi connectivity index (χ4v) is 2.35. The molecule has 0 aliphatic carbocycles. The van der Waals surface area contributed by atoms with Crippen molar-refractivity contribution in [2.24, 2.45) is 0 Å². The molecule has 0 radical (unpaired) electrons. The lowest BCUT2D eigenvalue weighted by Gasteiger charge is -2.29. The average Bonchev–Trinajstić information content (AvgIpc) is 2.44. The zero-order valence-corrected chi connectivity index (χ0v) is 13.0. The number of hydrogen-bond acceptors (Lipinski definition) is 4. The van der Waals surface area contributed by atoms with Gasteiger partial charge in [0.1, 0.15) is 0 Å². The van der Waals surface area contributed by atoms with Gasteiger partial charge in [0, 0.05) is 11.6 Å². The lowest BCUT2D eigenvalue weighted by atomic mass is 10.0. The van der Waals surface area contributed by atoms with Gasteiger partial charge in [-0.25, -0.2) is 4.79 Å². The Kier molecular flexibility index (Phi) is 5.84. The van der Waals surface area contributed by atoms with Crippen LogP contribution in [0, 0.1) is 0 Å². The smallest absolute Gasteiger partial charge is 0.331 e. The Morgan fingerprint density at radius 1 is 1.33 bits per heavy atom. The quantitative estimate of drug-likeness (QED) is 0.782. The molecule has 0 heterocycles. The number of benzene rings is 1. The Hall–Kier alpha value is -1.95. The molecule has 0 aromatic heterocycles. The minimum Gasteiger partial charge on any atom is -0.493 e. The molecule has 1 atom stereocenters. The van der Waals surface area contributed by atoms with Crippen LogP contribution in [0.25, 0.3) is 0 Å². The fourth-order valence-electron chi connectivity index (χ4n) is 2.02. The average molecular weight is 316 g/mol. The molecule has 0 aliphatic heterocycles. The third-order valence-corrected chi connectivity index (χ3v) is 3.45. The third-order valence-electron chi connectivity index (χ3n) is 3.06. The second kappa shape index (κ2) is 7.17. The second-order valence-corrected chi connectivity index (χ2v) is 4.97. The molecule has 1 unspecified atom stereocenters. The van der Waals surface area contributed by atoms with Crippen LogP contribution in [0.1, 0.15) is 25.5 Å². The number of aliphatic carboxylic acids is 1. The normalized spacial score (nSPS) is 11.9. The number of ether oxygens (including phenoxy) is 2. The van der Waals surface area contributed by atoms with Gasteiger partial charge in [-0.05, 0) is 19.9 Å². The van der Waals surface area contributed by atoms with Gasteiger partial charge in [0.2, 0.25) is 6.41 Å². The van der Waals surface area contributed by atoms with Gasteiger partial charge in [0.15, 0.2) is 17.5 Å². The maximum atomic E-state index is 11.6. The van der Waals surface area contributed by atoms with Gasteiger partial charge in [-0.3, -0.25) is 4.79 Å². The van der Waals surface area contributed by atoms with E-state index in [0.717, 1.165) is 0 Å². The highest BCUT2D eigenvalue weighted by molar-refractivity contribution is 6.33. The number of carbonyl (C=O) groups excluding carboxylic acids is 1. The molecule has 7 heteroatoms. The van der Waals surface area contributed by atoms with E-state index in [4.69, 9.17) is 21.1 Å². The van der Waals surface area contributed by atoms with E-state index >= 15 is 0 Å². The summed E-state index contributed by atoms with van der Waals surface area (Å²) in [6, 6.07) is 1.57. The Bertz CT molecular complexity index is 532. The van der Waals surface area contributed by atoms with Crippen molar-refractivity contribution in [1.82, 2.24) is 4.90 Å². The van der Waals surface area contributed by atoms with E-state index in [-0.39, 0.29) is 22.4 Å². The molecular weight excluding hydrogens is 298 g/mol. The molecule has 1 aromatic carbocycles. The zero-order chi connectivity index (χ0) is 16.2. The number of nitrogens with zero attached hydrogens (tertiary/aromatic N) is 1. The number of carboxylic acids is 1. The highest BCUT2D eigenvalue weighted by atomic mass is 35.5. The standard InChI is InChI=1S/C14H18ClNO5/c1-8(2)16(7-17)12(14(18)19)9-5-6-10(20-3)13(21-4)11(9)15/h5-8,12H,1-4H3,(H,18,19). The van der Waals surface area contributed by atoms with Crippen molar-refractivity contribution in [3.63, 3.8) is 0 Å². The second-order valence-electron chi connectivity index (χ2n) is 4.59. The van der Waals surface area contributed by atoms with Crippen molar-refractivity contribution in [3.05, 3.63) is 22.7 Å². The highest BCUT2D eigenvalue weighted by Gasteiger charge is 2.32. The first-order chi connectivity index (χ1) is 9.88. The van der Waals surface area contributed by atoms with Crippen molar-refractivity contribution >= 4 is 24.0 Å². The predicted octanol–water partition coefficient (Wildman–Crippen LogP) is 2.35. The minimum absolute atomic E-state index is 0.108. The molecule has 1 amide bonds. The first kappa shape index (κ1) is 17.1. The lowest BCUT2D eigenvalue weighted by molar-refractivity contribution is -0.147. The van der Waals surface area contributed by atoms with Crippen LogP contribution in [0.5, 0.6) is 11.5 Å². The first-order valence-electron chi connectivity index (χ1n) is 6.24. The molecule has 21 heavy (non-hydrogen) atoms. The summed E-state index contributed by atoms with van der Waals surface area (Å²) in [5.74, 6) is -0.556. The van der Waals surface area contributed by atoms with E-state index in [0.29, 0.717) is 12.2 Å². The summed E-state index contributed by atoms with van der Waals surface area (Å²) in [6.07, 6.45) is 0.497. The van der Waals surface area contributed by atoms with Gasteiger partial charge >= 0.3 is 5.97 Å². The zero-order valence-electron chi connectivity index (χ0n) is 12.3. The van der Waals surface area contributed by atoms with Crippen molar-refractivity contribution < 1.29 is 24.2 Å². The number of carboxylic acid groups (broad SMARTS) is 1. The Morgan fingerprint density at radius 2 is 1.95 bits per heavy atom. The van der Waals surface area contributed by atoms with Crippen molar-refractivity contribution in [2.45, 2.75) is 25.9 Å². The molecule has 1 rings (SSSR count). The molecule has 0 spiro atoms. The van der Waals surface area contributed by atoms with Crippen LogP contribution in [0.3, 0.4) is 0 Å². The summed E-state index contributed by atoms with van der Waals surface area (Å²) in [5.41, 5.74) is 0.266. The lowest BCUT2D eigenvalue weighted by Crippen LogP contribution is -2.38. The van der Waals surface area contributed by atoms with Gasteiger partial charge < -0.3 is 19.5 Å². The number of hydrogen-bond donors (Lipinski definition) is 1. The van der Waals surface area contributed by atoms with Crippen LogP contribution < -0.4 is 9.47 Å². The van der Waals surface area contributed by atoms with E-state index in [9.17, 15) is 14.7 Å². The fraction of sp³-hybridized carbons (Fsp3) is 0.429.